The number of ether oxygens (including phenoxy) is 1. The Labute approximate surface area is 93.3 Å². The zero-order chi connectivity index (χ0) is 10.8. The van der Waals surface area contributed by atoms with Gasteiger partial charge in [-0.25, -0.2) is 0 Å². The summed E-state index contributed by atoms with van der Waals surface area (Å²) >= 11 is 3.37. The molecule has 1 aliphatic rings. The fourth-order valence-corrected chi connectivity index (χ4v) is 3.05. The van der Waals surface area contributed by atoms with Crippen LogP contribution >= 0.6 is 15.9 Å². The average Bonchev–Trinajstić information content (AvgIpc) is 2.29. The molecule has 1 fully saturated rings. The Balaban J connectivity index is 2.75. The Kier molecular flexibility index (Phi) is 4.32. The summed E-state index contributed by atoms with van der Waals surface area (Å²) in [6.45, 7) is 1.89. The molecule has 0 aromatic carbocycles. The lowest BCUT2D eigenvalue weighted by atomic mass is 10.4. The van der Waals surface area contributed by atoms with Crippen molar-refractivity contribution in [2.24, 2.45) is 0 Å². The molecule has 0 aliphatic carbocycles. The molecule has 7 heteroatoms. The van der Waals surface area contributed by atoms with E-state index in [9.17, 15) is 8.42 Å². The summed E-state index contributed by atoms with van der Waals surface area (Å²) in [5.74, 6) is 0. The molecular formula is C7H15BrN2O3S. The molecule has 14 heavy (non-hydrogen) atoms. The fourth-order valence-electron chi connectivity index (χ4n) is 1.18. The van der Waals surface area contributed by atoms with Gasteiger partial charge in [0.25, 0.3) is 10.2 Å². The summed E-state index contributed by atoms with van der Waals surface area (Å²) in [5.41, 5.74) is 0. The van der Waals surface area contributed by atoms with Crippen molar-refractivity contribution in [2.45, 2.75) is 4.83 Å². The molecule has 0 N–H and O–H groups in total. The van der Waals surface area contributed by atoms with Crippen LogP contribution in [-0.4, -0.2) is 62.3 Å². The van der Waals surface area contributed by atoms with Crippen LogP contribution in [0.5, 0.6) is 0 Å². The Morgan fingerprint density at radius 1 is 1.50 bits per heavy atom. The van der Waals surface area contributed by atoms with Crippen LogP contribution in [0.1, 0.15) is 0 Å². The summed E-state index contributed by atoms with van der Waals surface area (Å²) in [5, 5.41) is 0. The van der Waals surface area contributed by atoms with Crippen molar-refractivity contribution in [3.8, 4) is 0 Å². The summed E-state index contributed by atoms with van der Waals surface area (Å²) < 4.78 is 31.4. The number of alkyl halides is 1. The second kappa shape index (κ2) is 4.89. The molecule has 0 saturated carbocycles. The summed E-state index contributed by atoms with van der Waals surface area (Å²) in [7, 11) is -0.235. The lowest BCUT2D eigenvalue weighted by molar-refractivity contribution is 0.150. The Morgan fingerprint density at radius 2 is 2.14 bits per heavy atom. The van der Waals surface area contributed by atoms with Gasteiger partial charge in [-0.3, -0.25) is 0 Å². The van der Waals surface area contributed by atoms with Crippen molar-refractivity contribution in [1.82, 2.24) is 8.61 Å². The van der Waals surface area contributed by atoms with Crippen molar-refractivity contribution in [2.75, 3.05) is 40.4 Å². The Morgan fingerprint density at radius 3 is 2.71 bits per heavy atom. The molecule has 1 unspecified atom stereocenters. The molecule has 1 rings (SSSR count). The minimum absolute atomic E-state index is 0.0692. The van der Waals surface area contributed by atoms with Crippen molar-refractivity contribution >= 4 is 26.1 Å². The molecule has 5 nitrogen and oxygen atoms in total. The molecule has 1 heterocycles. The van der Waals surface area contributed by atoms with Crippen LogP contribution in [0.4, 0.5) is 0 Å². The predicted octanol–water partition coefficient (Wildman–Crippen LogP) is -0.111. The third-order valence-corrected chi connectivity index (χ3v) is 4.43. The van der Waals surface area contributed by atoms with Gasteiger partial charge in [-0.15, -0.1) is 0 Å². The quantitative estimate of drug-likeness (QED) is 0.666. The third-order valence-electron chi connectivity index (χ3n) is 1.97. The molecule has 1 atom stereocenters. The number of halogens is 1. The normalized spacial score (nSPS) is 26.4. The van der Waals surface area contributed by atoms with E-state index < -0.39 is 10.2 Å². The lowest BCUT2D eigenvalue weighted by Gasteiger charge is -2.24. The molecule has 0 radical (unpaired) electrons. The largest absolute Gasteiger partial charge is 0.379 e. The summed E-state index contributed by atoms with van der Waals surface area (Å²) in [6, 6.07) is 0. The molecule has 84 valence electrons. The number of hydrogen-bond acceptors (Lipinski definition) is 3. The van der Waals surface area contributed by atoms with E-state index in [2.05, 4.69) is 15.9 Å². The van der Waals surface area contributed by atoms with Crippen molar-refractivity contribution < 1.29 is 13.2 Å². The van der Waals surface area contributed by atoms with Gasteiger partial charge in [0.1, 0.15) is 0 Å². The van der Waals surface area contributed by atoms with Crippen LogP contribution in [0.25, 0.3) is 0 Å². The van der Waals surface area contributed by atoms with Gasteiger partial charge in [0.15, 0.2) is 0 Å². The van der Waals surface area contributed by atoms with Gasteiger partial charge in [-0.2, -0.15) is 17.0 Å². The molecule has 0 aromatic heterocycles. The first-order chi connectivity index (χ1) is 6.44. The first-order valence-electron chi connectivity index (χ1n) is 4.34. The van der Waals surface area contributed by atoms with Crippen LogP contribution in [-0.2, 0) is 14.9 Å². The minimum atomic E-state index is -3.30. The van der Waals surface area contributed by atoms with Gasteiger partial charge in [-0.1, -0.05) is 15.9 Å². The molecule has 0 amide bonds. The fraction of sp³-hybridized carbons (Fsp3) is 1.00. The molecule has 1 saturated heterocycles. The van der Waals surface area contributed by atoms with E-state index in [1.165, 1.54) is 22.7 Å². The molecule has 1 aliphatic heterocycles. The highest BCUT2D eigenvalue weighted by Gasteiger charge is 2.28. The van der Waals surface area contributed by atoms with Gasteiger partial charge in [0, 0.05) is 27.2 Å². The van der Waals surface area contributed by atoms with E-state index in [0.29, 0.717) is 26.3 Å². The van der Waals surface area contributed by atoms with Gasteiger partial charge >= 0.3 is 0 Å². The standard InChI is InChI=1S/C7H15BrN2O3S/c1-9(2)14(11,12)10-3-4-13-6-7(8)5-10/h7H,3-6H2,1-2H3. The maximum atomic E-state index is 11.8. The lowest BCUT2D eigenvalue weighted by Crippen LogP contribution is -2.43. The van der Waals surface area contributed by atoms with E-state index in [1.807, 2.05) is 0 Å². The highest BCUT2D eigenvalue weighted by atomic mass is 79.9. The first-order valence-corrected chi connectivity index (χ1v) is 6.65. The van der Waals surface area contributed by atoms with Crippen LogP contribution in [0.3, 0.4) is 0 Å². The van der Waals surface area contributed by atoms with Crippen LogP contribution in [0.2, 0.25) is 0 Å². The maximum Gasteiger partial charge on any atom is 0.281 e. The second-order valence-corrected chi connectivity index (χ2v) is 6.76. The minimum Gasteiger partial charge on any atom is -0.379 e. The van der Waals surface area contributed by atoms with E-state index in [4.69, 9.17) is 4.74 Å². The average molecular weight is 287 g/mol. The third kappa shape index (κ3) is 2.90. The summed E-state index contributed by atoms with van der Waals surface area (Å²) in [4.78, 5) is 0.0692. The van der Waals surface area contributed by atoms with E-state index in [-0.39, 0.29) is 4.83 Å². The van der Waals surface area contributed by atoms with Crippen molar-refractivity contribution in [3.05, 3.63) is 0 Å². The van der Waals surface area contributed by atoms with Crippen LogP contribution in [0, 0.1) is 0 Å². The summed E-state index contributed by atoms with van der Waals surface area (Å²) in [6.07, 6.45) is 0. The highest BCUT2D eigenvalue weighted by molar-refractivity contribution is 9.09. The van der Waals surface area contributed by atoms with E-state index >= 15 is 0 Å². The Bertz CT molecular complexity index is 281. The SMILES string of the molecule is CN(C)S(=O)(=O)N1CCOCC(Br)C1. The predicted molar refractivity (Wildman–Crippen MR) is 57.7 cm³/mol. The number of hydrogen-bond donors (Lipinski definition) is 0. The molecular weight excluding hydrogens is 272 g/mol. The molecule has 0 aromatic rings. The van der Waals surface area contributed by atoms with Crippen LogP contribution in [0.15, 0.2) is 0 Å². The van der Waals surface area contributed by atoms with Crippen molar-refractivity contribution in [3.63, 3.8) is 0 Å². The zero-order valence-corrected chi connectivity index (χ0v) is 10.7. The molecule has 0 bridgehead atoms. The van der Waals surface area contributed by atoms with Crippen LogP contribution < -0.4 is 0 Å². The van der Waals surface area contributed by atoms with E-state index in [0.717, 1.165) is 0 Å². The molecule has 0 spiro atoms. The topological polar surface area (TPSA) is 49.9 Å². The zero-order valence-electron chi connectivity index (χ0n) is 8.31. The second-order valence-electron chi connectivity index (χ2n) is 3.32. The Hall–Kier alpha value is 0.310. The number of rotatable bonds is 2. The van der Waals surface area contributed by atoms with Gasteiger partial charge < -0.3 is 4.74 Å². The van der Waals surface area contributed by atoms with Crippen molar-refractivity contribution in [1.29, 1.82) is 0 Å². The monoisotopic (exact) mass is 286 g/mol. The first kappa shape index (κ1) is 12.4. The smallest absolute Gasteiger partial charge is 0.281 e. The van der Waals surface area contributed by atoms with Gasteiger partial charge in [-0.05, 0) is 0 Å². The highest BCUT2D eigenvalue weighted by Crippen LogP contribution is 2.12. The van der Waals surface area contributed by atoms with E-state index in [1.54, 1.807) is 0 Å². The van der Waals surface area contributed by atoms with Gasteiger partial charge in [0.2, 0.25) is 0 Å². The maximum absolute atomic E-state index is 11.8. The number of nitrogens with zero attached hydrogens (tertiary/aromatic N) is 2. The van der Waals surface area contributed by atoms with Gasteiger partial charge in [0.05, 0.1) is 18.0 Å².